The monoisotopic (exact) mass is 412 g/mol. The maximum atomic E-state index is 12.9. The van der Waals surface area contributed by atoms with Crippen LogP contribution >= 0.6 is 0 Å². The molecule has 4 aromatic rings. The van der Waals surface area contributed by atoms with Crippen LogP contribution in [0.1, 0.15) is 15.9 Å². The van der Waals surface area contributed by atoms with Gasteiger partial charge in [-0.15, -0.1) is 10.2 Å². The number of fused-ring (bicyclic) bond motifs is 1. The summed E-state index contributed by atoms with van der Waals surface area (Å²) in [5, 5.41) is 38.4. The van der Waals surface area contributed by atoms with Crippen molar-refractivity contribution in [1.29, 1.82) is 5.26 Å². The first-order valence-electron chi connectivity index (χ1n) is 9.16. The van der Waals surface area contributed by atoms with E-state index in [9.17, 15) is 9.90 Å². The van der Waals surface area contributed by atoms with Crippen LogP contribution in [0.15, 0.2) is 71.0 Å². The highest BCUT2D eigenvalue weighted by molar-refractivity contribution is 6.11. The van der Waals surface area contributed by atoms with Crippen molar-refractivity contribution < 1.29 is 14.6 Å². The quantitative estimate of drug-likeness (QED) is 0.404. The number of hydrogen-bond acceptors (Lipinski definition) is 7. The van der Waals surface area contributed by atoms with Crippen molar-refractivity contribution >= 4 is 33.9 Å². The summed E-state index contributed by atoms with van der Waals surface area (Å²) >= 11 is 0. The summed E-state index contributed by atoms with van der Waals surface area (Å²) in [7, 11) is 1.56. The number of nitrogens with one attached hydrogen (secondary N) is 2. The van der Waals surface area contributed by atoms with Crippen molar-refractivity contribution in [1.82, 2.24) is 10.2 Å². The highest BCUT2D eigenvalue weighted by Crippen LogP contribution is 2.39. The lowest BCUT2D eigenvalue weighted by molar-refractivity contribution is 0.102. The van der Waals surface area contributed by atoms with E-state index in [0.29, 0.717) is 22.2 Å². The largest absolute Gasteiger partial charge is 0.505 e. The molecule has 0 aliphatic heterocycles. The van der Waals surface area contributed by atoms with E-state index >= 15 is 0 Å². The summed E-state index contributed by atoms with van der Waals surface area (Å²) < 4.78 is 5.11. The number of ether oxygens (including phenoxy) is 1. The van der Waals surface area contributed by atoms with E-state index in [1.165, 1.54) is 6.20 Å². The van der Waals surface area contributed by atoms with Crippen LogP contribution in [-0.4, -0.2) is 28.3 Å². The minimum atomic E-state index is -0.510. The van der Waals surface area contributed by atoms with E-state index in [1.807, 2.05) is 12.1 Å². The summed E-state index contributed by atoms with van der Waals surface area (Å²) in [6.45, 7) is 0. The van der Waals surface area contributed by atoms with E-state index in [4.69, 9.17) is 10.00 Å². The Kier molecular flexibility index (Phi) is 5.27. The zero-order valence-corrected chi connectivity index (χ0v) is 16.3. The molecular formula is C22H16N6O3. The summed E-state index contributed by atoms with van der Waals surface area (Å²) in [5.74, 6) is -0.0283. The number of nitriles is 1. The SMILES string of the molecule is COc1ccc(NC(=O)c2cc3ccccc3c(N=Nc3[nH]ncc3C#N)c2O)cc1. The van der Waals surface area contributed by atoms with Crippen LogP contribution in [0.25, 0.3) is 10.8 Å². The van der Waals surface area contributed by atoms with Gasteiger partial charge in [-0.1, -0.05) is 24.3 Å². The van der Waals surface area contributed by atoms with Gasteiger partial charge in [0.25, 0.3) is 5.91 Å². The second-order valence-electron chi connectivity index (χ2n) is 6.47. The zero-order chi connectivity index (χ0) is 21.8. The molecule has 0 saturated carbocycles. The number of methoxy groups -OCH3 is 1. The maximum Gasteiger partial charge on any atom is 0.259 e. The van der Waals surface area contributed by atoms with Gasteiger partial charge in [-0.25, -0.2) is 0 Å². The van der Waals surface area contributed by atoms with Crippen molar-refractivity contribution in [2.45, 2.75) is 0 Å². The van der Waals surface area contributed by atoms with Crippen molar-refractivity contribution in [2.24, 2.45) is 10.2 Å². The van der Waals surface area contributed by atoms with E-state index < -0.39 is 5.91 Å². The fourth-order valence-electron chi connectivity index (χ4n) is 3.00. The Labute approximate surface area is 176 Å². The second-order valence-corrected chi connectivity index (χ2v) is 6.47. The van der Waals surface area contributed by atoms with E-state index in [-0.39, 0.29) is 28.4 Å². The fourth-order valence-corrected chi connectivity index (χ4v) is 3.00. The smallest absolute Gasteiger partial charge is 0.259 e. The van der Waals surface area contributed by atoms with Crippen molar-refractivity contribution in [3.8, 4) is 17.6 Å². The predicted molar refractivity (Wildman–Crippen MR) is 114 cm³/mol. The summed E-state index contributed by atoms with van der Waals surface area (Å²) in [6, 6.07) is 17.5. The maximum absolute atomic E-state index is 12.9. The van der Waals surface area contributed by atoms with Crippen LogP contribution in [0, 0.1) is 11.3 Å². The average molecular weight is 412 g/mol. The van der Waals surface area contributed by atoms with E-state index in [2.05, 4.69) is 25.7 Å². The lowest BCUT2D eigenvalue weighted by atomic mass is 10.0. The molecule has 3 aromatic carbocycles. The Morgan fingerprint density at radius 3 is 2.71 bits per heavy atom. The number of benzene rings is 3. The van der Waals surface area contributed by atoms with Gasteiger partial charge in [0.15, 0.2) is 11.6 Å². The van der Waals surface area contributed by atoms with Gasteiger partial charge in [0.05, 0.1) is 18.9 Å². The number of nitrogens with zero attached hydrogens (tertiary/aromatic N) is 4. The van der Waals surface area contributed by atoms with Crippen LogP contribution in [0.5, 0.6) is 11.5 Å². The number of rotatable bonds is 5. The number of phenolic OH excluding ortho intramolecular Hbond substituents is 1. The molecule has 3 N–H and O–H groups in total. The number of phenols is 1. The number of amides is 1. The van der Waals surface area contributed by atoms with Gasteiger partial charge in [-0.05, 0) is 35.7 Å². The third kappa shape index (κ3) is 3.90. The number of H-pyrrole nitrogens is 1. The van der Waals surface area contributed by atoms with Crippen molar-refractivity contribution in [2.75, 3.05) is 12.4 Å². The van der Waals surface area contributed by atoms with E-state index in [1.54, 1.807) is 55.6 Å². The molecule has 0 unspecified atom stereocenters. The molecule has 0 bridgehead atoms. The number of aromatic amines is 1. The first-order chi connectivity index (χ1) is 15.1. The Morgan fingerprint density at radius 2 is 1.97 bits per heavy atom. The van der Waals surface area contributed by atoms with Crippen LogP contribution in [0.2, 0.25) is 0 Å². The molecule has 9 heteroatoms. The van der Waals surface area contributed by atoms with Gasteiger partial charge in [-0.2, -0.15) is 10.4 Å². The van der Waals surface area contributed by atoms with Crippen molar-refractivity contribution in [3.63, 3.8) is 0 Å². The Balaban J connectivity index is 1.75. The fraction of sp³-hybridized carbons (Fsp3) is 0.0455. The number of azo groups is 1. The minimum Gasteiger partial charge on any atom is -0.505 e. The number of aromatic hydroxyl groups is 1. The van der Waals surface area contributed by atoms with Gasteiger partial charge in [0.1, 0.15) is 23.1 Å². The van der Waals surface area contributed by atoms with Crippen LogP contribution in [-0.2, 0) is 0 Å². The normalized spacial score (nSPS) is 10.8. The molecule has 1 amide bonds. The van der Waals surface area contributed by atoms with Gasteiger partial charge in [0.2, 0.25) is 0 Å². The van der Waals surface area contributed by atoms with Gasteiger partial charge < -0.3 is 15.2 Å². The second kappa shape index (κ2) is 8.34. The van der Waals surface area contributed by atoms with Crippen molar-refractivity contribution in [3.05, 3.63) is 71.9 Å². The zero-order valence-electron chi connectivity index (χ0n) is 16.3. The Morgan fingerprint density at radius 1 is 1.19 bits per heavy atom. The summed E-state index contributed by atoms with van der Waals surface area (Å²) in [5.41, 5.74) is 0.892. The lowest BCUT2D eigenvalue weighted by Gasteiger charge is -2.11. The molecule has 0 aliphatic carbocycles. The molecule has 9 nitrogen and oxygen atoms in total. The molecule has 0 aliphatic rings. The topological polar surface area (TPSA) is 136 Å². The standard InChI is InChI=1S/C22H16N6O3/c1-31-16-8-6-15(7-9-16)25-22(30)18-10-13-4-2-3-5-17(13)19(20(18)29)26-28-21-14(11-23)12-24-27-21/h2-10,12,29H,1H3,(H,24,27)(H,25,30). The van der Waals surface area contributed by atoms with Gasteiger partial charge >= 0.3 is 0 Å². The van der Waals surface area contributed by atoms with Crippen LogP contribution in [0.3, 0.4) is 0 Å². The minimum absolute atomic E-state index is 0.0357. The molecule has 31 heavy (non-hydrogen) atoms. The van der Waals surface area contributed by atoms with Gasteiger partial charge in [-0.3, -0.25) is 9.89 Å². The number of aromatic nitrogens is 2. The van der Waals surface area contributed by atoms with Crippen LogP contribution < -0.4 is 10.1 Å². The number of hydrogen-bond donors (Lipinski definition) is 3. The molecule has 0 radical (unpaired) electrons. The number of anilines is 1. The summed E-state index contributed by atoms with van der Waals surface area (Å²) in [4.78, 5) is 12.9. The van der Waals surface area contributed by atoms with Crippen LogP contribution in [0.4, 0.5) is 17.2 Å². The average Bonchev–Trinajstić information content (AvgIpc) is 3.26. The molecule has 1 heterocycles. The van der Waals surface area contributed by atoms with Gasteiger partial charge in [0, 0.05) is 11.1 Å². The third-order valence-electron chi connectivity index (χ3n) is 4.58. The Hall–Kier alpha value is -4.71. The molecule has 1 aromatic heterocycles. The predicted octanol–water partition coefficient (Wildman–Crippen LogP) is 4.82. The highest BCUT2D eigenvalue weighted by atomic mass is 16.5. The molecular weight excluding hydrogens is 396 g/mol. The molecule has 0 spiro atoms. The number of carbonyl (C=O) groups is 1. The molecule has 0 atom stereocenters. The first kappa shape index (κ1) is 19.6. The molecule has 4 rings (SSSR count). The molecule has 0 saturated heterocycles. The molecule has 152 valence electrons. The lowest BCUT2D eigenvalue weighted by Crippen LogP contribution is -2.12. The number of carbonyl (C=O) groups excluding carboxylic acids is 1. The van der Waals surface area contributed by atoms with E-state index in [0.717, 1.165) is 0 Å². The first-order valence-corrected chi connectivity index (χ1v) is 9.16. The summed E-state index contributed by atoms with van der Waals surface area (Å²) in [6.07, 6.45) is 1.32. The Bertz CT molecular complexity index is 1340. The third-order valence-corrected chi connectivity index (χ3v) is 4.58. The highest BCUT2D eigenvalue weighted by Gasteiger charge is 2.19. The molecule has 0 fully saturated rings.